The molecule has 0 aromatic heterocycles. The number of nitro benzene ring substituents is 1. The van der Waals surface area contributed by atoms with Gasteiger partial charge in [-0.05, 0) is 30.2 Å². The summed E-state index contributed by atoms with van der Waals surface area (Å²) in [5.74, 6) is -0.946. The monoisotopic (exact) mass is 503 g/mol. The molecule has 2 aromatic rings. The van der Waals surface area contributed by atoms with Gasteiger partial charge < -0.3 is 15.0 Å². The standard InChI is InChI=1S/C23H22ClN3O6S/c1-23(24)13-34-21-18(25-17(28)11-14-5-3-2-4-6-14)20(29)26(21)19(23)22(30)33-12-15-7-9-16(10-8-15)27(31)32/h2-10,18-19,21H,11-13H2,1H3,(H,25,28)/t18?,19?,21-,23?/m1/s1. The van der Waals surface area contributed by atoms with Gasteiger partial charge in [-0.3, -0.25) is 19.7 Å². The highest BCUT2D eigenvalue weighted by Crippen LogP contribution is 2.45. The summed E-state index contributed by atoms with van der Waals surface area (Å²) in [5, 5.41) is 13.1. The molecule has 2 aliphatic rings. The summed E-state index contributed by atoms with van der Waals surface area (Å²) < 4.78 is 5.42. The van der Waals surface area contributed by atoms with Crippen LogP contribution in [0.3, 0.4) is 0 Å². The average molecular weight is 504 g/mol. The number of amides is 2. The van der Waals surface area contributed by atoms with Crippen LogP contribution in [0.4, 0.5) is 5.69 Å². The SMILES string of the molecule is CC1(Cl)CS[C@@H]2C(NC(=O)Cc3ccccc3)C(=O)N2C1C(=O)OCc1ccc([N+](=O)[O-])cc1. The van der Waals surface area contributed by atoms with Crippen LogP contribution in [0.2, 0.25) is 0 Å². The van der Waals surface area contributed by atoms with E-state index in [2.05, 4.69) is 5.32 Å². The first kappa shape index (κ1) is 24.0. The van der Waals surface area contributed by atoms with Crippen molar-refractivity contribution in [3.8, 4) is 0 Å². The van der Waals surface area contributed by atoms with E-state index in [1.165, 1.54) is 40.9 Å². The van der Waals surface area contributed by atoms with Crippen molar-refractivity contribution in [2.24, 2.45) is 0 Å². The smallest absolute Gasteiger partial charge is 0.331 e. The number of nitrogens with zero attached hydrogens (tertiary/aromatic N) is 2. The predicted molar refractivity (Wildman–Crippen MR) is 126 cm³/mol. The Hall–Kier alpha value is -3.11. The van der Waals surface area contributed by atoms with E-state index in [4.69, 9.17) is 16.3 Å². The highest BCUT2D eigenvalue weighted by molar-refractivity contribution is 8.00. The van der Waals surface area contributed by atoms with Crippen LogP contribution in [0.5, 0.6) is 0 Å². The number of thioether (sulfide) groups is 1. The number of carbonyl (C=O) groups is 3. The highest BCUT2D eigenvalue weighted by atomic mass is 35.5. The van der Waals surface area contributed by atoms with Crippen molar-refractivity contribution in [3.05, 3.63) is 75.8 Å². The zero-order valence-electron chi connectivity index (χ0n) is 18.2. The van der Waals surface area contributed by atoms with Crippen LogP contribution in [-0.4, -0.2) is 55.7 Å². The second-order valence-corrected chi connectivity index (χ2v) is 10.3. The lowest BCUT2D eigenvalue weighted by molar-refractivity contribution is -0.384. The molecule has 2 heterocycles. The van der Waals surface area contributed by atoms with Crippen molar-refractivity contribution in [2.75, 3.05) is 5.75 Å². The lowest BCUT2D eigenvalue weighted by Crippen LogP contribution is -2.78. The normalized spacial score (nSPS) is 25.6. The quantitative estimate of drug-likeness (QED) is 0.203. The molecule has 11 heteroatoms. The van der Waals surface area contributed by atoms with Crippen LogP contribution < -0.4 is 5.32 Å². The van der Waals surface area contributed by atoms with E-state index in [9.17, 15) is 24.5 Å². The fourth-order valence-electron chi connectivity index (χ4n) is 4.00. The molecule has 0 radical (unpaired) electrons. The molecular weight excluding hydrogens is 482 g/mol. The maximum Gasteiger partial charge on any atom is 0.331 e. The van der Waals surface area contributed by atoms with E-state index in [0.29, 0.717) is 11.3 Å². The first-order valence-electron chi connectivity index (χ1n) is 10.5. The summed E-state index contributed by atoms with van der Waals surface area (Å²) in [6, 6.07) is 13.1. The molecule has 2 fully saturated rings. The van der Waals surface area contributed by atoms with E-state index in [-0.39, 0.29) is 30.5 Å². The third-order valence-corrected chi connectivity index (χ3v) is 7.85. The summed E-state index contributed by atoms with van der Waals surface area (Å²) in [7, 11) is 0. The van der Waals surface area contributed by atoms with E-state index >= 15 is 0 Å². The molecule has 178 valence electrons. The minimum absolute atomic E-state index is 0.0675. The van der Waals surface area contributed by atoms with Crippen molar-refractivity contribution < 1.29 is 24.0 Å². The highest BCUT2D eigenvalue weighted by Gasteiger charge is 2.61. The summed E-state index contributed by atoms with van der Waals surface area (Å²) >= 11 is 8.02. The topological polar surface area (TPSA) is 119 Å². The Morgan fingerprint density at radius 2 is 1.88 bits per heavy atom. The molecule has 3 unspecified atom stereocenters. The average Bonchev–Trinajstić information content (AvgIpc) is 2.81. The molecule has 2 aromatic carbocycles. The molecule has 0 aliphatic carbocycles. The number of benzene rings is 2. The number of fused-ring (bicyclic) bond motifs is 1. The molecule has 0 saturated carbocycles. The first-order chi connectivity index (χ1) is 16.2. The number of rotatable bonds is 7. The van der Waals surface area contributed by atoms with Crippen molar-refractivity contribution in [1.29, 1.82) is 0 Å². The molecule has 34 heavy (non-hydrogen) atoms. The van der Waals surface area contributed by atoms with Gasteiger partial charge >= 0.3 is 5.97 Å². The van der Waals surface area contributed by atoms with E-state index in [0.717, 1.165) is 5.56 Å². The van der Waals surface area contributed by atoms with Crippen LogP contribution in [0, 0.1) is 10.1 Å². The maximum atomic E-state index is 13.0. The number of alkyl halides is 1. The second-order valence-electron chi connectivity index (χ2n) is 8.37. The molecule has 4 atom stereocenters. The van der Waals surface area contributed by atoms with Gasteiger partial charge in [0.05, 0.1) is 16.2 Å². The zero-order chi connectivity index (χ0) is 24.5. The largest absolute Gasteiger partial charge is 0.459 e. The number of halogens is 1. The number of carbonyl (C=O) groups excluding carboxylic acids is 3. The van der Waals surface area contributed by atoms with Crippen LogP contribution in [0.15, 0.2) is 54.6 Å². The van der Waals surface area contributed by atoms with E-state index in [1.54, 1.807) is 6.92 Å². The molecule has 2 aliphatic heterocycles. The van der Waals surface area contributed by atoms with Gasteiger partial charge in [-0.2, -0.15) is 0 Å². The van der Waals surface area contributed by atoms with Gasteiger partial charge in [-0.1, -0.05) is 30.3 Å². The maximum absolute atomic E-state index is 13.0. The number of ether oxygens (including phenoxy) is 1. The Morgan fingerprint density at radius 1 is 1.21 bits per heavy atom. The number of hydrogen-bond acceptors (Lipinski definition) is 7. The first-order valence-corrected chi connectivity index (χ1v) is 12.0. The van der Waals surface area contributed by atoms with E-state index in [1.807, 2.05) is 30.3 Å². The minimum Gasteiger partial charge on any atom is -0.459 e. The number of nitrogens with one attached hydrogen (secondary N) is 1. The van der Waals surface area contributed by atoms with Gasteiger partial charge in [-0.25, -0.2) is 4.79 Å². The molecule has 0 bridgehead atoms. The Morgan fingerprint density at radius 3 is 2.53 bits per heavy atom. The predicted octanol–water partition coefficient (Wildman–Crippen LogP) is 2.65. The number of non-ortho nitro benzene ring substituents is 1. The van der Waals surface area contributed by atoms with Crippen molar-refractivity contribution in [3.63, 3.8) is 0 Å². The molecule has 4 rings (SSSR count). The summed E-state index contributed by atoms with van der Waals surface area (Å²) in [6.45, 7) is 1.56. The molecule has 0 spiro atoms. The van der Waals surface area contributed by atoms with Crippen LogP contribution in [-0.2, 0) is 32.1 Å². The second kappa shape index (κ2) is 9.63. The fraction of sp³-hybridized carbons (Fsp3) is 0.348. The van der Waals surface area contributed by atoms with Gasteiger partial charge in [0.2, 0.25) is 11.8 Å². The molecule has 1 N–H and O–H groups in total. The minimum atomic E-state index is -1.05. The van der Waals surface area contributed by atoms with Gasteiger partial charge in [0, 0.05) is 17.9 Å². The van der Waals surface area contributed by atoms with Gasteiger partial charge in [-0.15, -0.1) is 23.4 Å². The number of nitro groups is 1. The summed E-state index contributed by atoms with van der Waals surface area (Å²) in [4.78, 5) is 48.9. The van der Waals surface area contributed by atoms with E-state index < -0.39 is 33.2 Å². The molecule has 2 amide bonds. The lowest BCUT2D eigenvalue weighted by Gasteiger charge is -2.56. The van der Waals surface area contributed by atoms with Crippen LogP contribution in [0.1, 0.15) is 18.1 Å². The Bertz CT molecular complexity index is 1110. The van der Waals surface area contributed by atoms with Crippen LogP contribution in [0.25, 0.3) is 0 Å². The number of esters is 1. The number of β-lactam (4-membered cyclic amide) rings is 1. The summed E-state index contributed by atoms with van der Waals surface area (Å²) in [6.07, 6.45) is 0.149. The van der Waals surface area contributed by atoms with Gasteiger partial charge in [0.25, 0.3) is 5.69 Å². The van der Waals surface area contributed by atoms with Crippen molar-refractivity contribution in [2.45, 2.75) is 42.3 Å². The Kier molecular flexibility index (Phi) is 6.81. The van der Waals surface area contributed by atoms with Crippen LogP contribution >= 0.6 is 23.4 Å². The van der Waals surface area contributed by atoms with Crippen molar-refractivity contribution >= 4 is 46.8 Å². The third kappa shape index (κ3) is 4.88. The Labute approximate surface area is 204 Å². The zero-order valence-corrected chi connectivity index (χ0v) is 19.8. The summed E-state index contributed by atoms with van der Waals surface area (Å²) in [5.41, 5.74) is 1.33. The van der Waals surface area contributed by atoms with Gasteiger partial charge in [0.1, 0.15) is 18.0 Å². The fourth-order valence-corrected chi connectivity index (χ4v) is 5.80. The molecule has 2 saturated heterocycles. The molecular formula is C23H22ClN3O6S. The van der Waals surface area contributed by atoms with Gasteiger partial charge in [0.15, 0.2) is 6.04 Å². The lowest BCUT2D eigenvalue weighted by atomic mass is 9.94. The third-order valence-electron chi connectivity index (χ3n) is 5.74. The van der Waals surface area contributed by atoms with Crippen molar-refractivity contribution in [1.82, 2.24) is 10.2 Å². The Balaban J connectivity index is 1.39. The number of hydrogen-bond donors (Lipinski definition) is 1. The molecule has 9 nitrogen and oxygen atoms in total.